The number of benzene rings is 2. The standard InChI is InChI=1S/C23H29N5O3/c1-15(2)21-26-22(31-27-21)16-9-11-18(12-10-16)25-23(29)24-14-20(28(3)4)17-7-6-8-19(13-17)30-5/h6-13,15,20H,14H2,1-5H3,(H2,24,25,29). The summed E-state index contributed by atoms with van der Waals surface area (Å²) in [7, 11) is 5.60. The summed E-state index contributed by atoms with van der Waals surface area (Å²) < 4.78 is 10.6. The molecule has 164 valence electrons. The van der Waals surface area contributed by atoms with Gasteiger partial charge in [-0.1, -0.05) is 31.1 Å². The molecule has 0 aliphatic carbocycles. The summed E-state index contributed by atoms with van der Waals surface area (Å²) in [5.74, 6) is 2.12. The molecular weight excluding hydrogens is 394 g/mol. The summed E-state index contributed by atoms with van der Waals surface area (Å²) in [5, 5.41) is 9.77. The van der Waals surface area contributed by atoms with Gasteiger partial charge in [-0.25, -0.2) is 4.79 Å². The number of rotatable bonds is 8. The van der Waals surface area contributed by atoms with Crippen molar-refractivity contribution in [3.63, 3.8) is 0 Å². The third-order valence-electron chi connectivity index (χ3n) is 4.91. The van der Waals surface area contributed by atoms with Crippen molar-refractivity contribution >= 4 is 11.7 Å². The highest BCUT2D eigenvalue weighted by Gasteiger charge is 2.16. The number of hydrogen-bond acceptors (Lipinski definition) is 6. The van der Waals surface area contributed by atoms with E-state index in [1.807, 2.05) is 64.3 Å². The first-order valence-electron chi connectivity index (χ1n) is 10.2. The molecule has 1 aromatic heterocycles. The van der Waals surface area contributed by atoms with E-state index in [0.29, 0.717) is 23.9 Å². The number of anilines is 1. The molecule has 3 rings (SSSR count). The number of carbonyl (C=O) groups is 1. The number of ether oxygens (including phenoxy) is 1. The van der Waals surface area contributed by atoms with E-state index in [-0.39, 0.29) is 18.0 Å². The lowest BCUT2D eigenvalue weighted by atomic mass is 10.1. The zero-order valence-electron chi connectivity index (χ0n) is 18.5. The molecule has 0 radical (unpaired) electrons. The van der Waals surface area contributed by atoms with E-state index in [2.05, 4.69) is 25.7 Å². The highest BCUT2D eigenvalue weighted by molar-refractivity contribution is 5.89. The van der Waals surface area contributed by atoms with Gasteiger partial charge in [0.25, 0.3) is 5.89 Å². The number of nitrogens with zero attached hydrogens (tertiary/aromatic N) is 3. The van der Waals surface area contributed by atoms with Gasteiger partial charge in [0.2, 0.25) is 0 Å². The summed E-state index contributed by atoms with van der Waals surface area (Å²) in [6, 6.07) is 14.9. The van der Waals surface area contributed by atoms with Gasteiger partial charge in [0.05, 0.1) is 13.2 Å². The lowest BCUT2D eigenvalue weighted by molar-refractivity contribution is 0.243. The first kappa shape index (κ1) is 22.3. The Morgan fingerprint density at radius 1 is 1.16 bits per heavy atom. The zero-order chi connectivity index (χ0) is 22.4. The van der Waals surface area contributed by atoms with Gasteiger partial charge in [-0.05, 0) is 56.1 Å². The molecule has 0 bridgehead atoms. The maximum atomic E-state index is 12.4. The monoisotopic (exact) mass is 423 g/mol. The minimum absolute atomic E-state index is 0.0101. The number of carbonyl (C=O) groups excluding carboxylic acids is 1. The van der Waals surface area contributed by atoms with Crippen molar-refractivity contribution in [3.05, 3.63) is 59.9 Å². The molecule has 3 aromatic rings. The van der Waals surface area contributed by atoms with Crippen molar-refractivity contribution in [2.24, 2.45) is 0 Å². The second-order valence-corrected chi connectivity index (χ2v) is 7.78. The maximum absolute atomic E-state index is 12.4. The van der Waals surface area contributed by atoms with Crippen LogP contribution in [0.5, 0.6) is 5.75 Å². The molecular formula is C23H29N5O3. The Bertz CT molecular complexity index is 998. The molecule has 1 unspecified atom stereocenters. The van der Waals surface area contributed by atoms with Crippen molar-refractivity contribution < 1.29 is 14.1 Å². The fraction of sp³-hybridized carbons (Fsp3) is 0.348. The van der Waals surface area contributed by atoms with Crippen LogP contribution in [0.2, 0.25) is 0 Å². The number of hydrogen-bond donors (Lipinski definition) is 2. The molecule has 1 atom stereocenters. The van der Waals surface area contributed by atoms with Crippen molar-refractivity contribution in [3.8, 4) is 17.2 Å². The van der Waals surface area contributed by atoms with Crippen LogP contribution in [0.1, 0.15) is 37.2 Å². The van der Waals surface area contributed by atoms with Crippen LogP contribution in [-0.2, 0) is 0 Å². The van der Waals surface area contributed by atoms with Gasteiger partial charge in [-0.2, -0.15) is 4.98 Å². The zero-order valence-corrected chi connectivity index (χ0v) is 18.5. The first-order valence-corrected chi connectivity index (χ1v) is 10.2. The lowest BCUT2D eigenvalue weighted by Gasteiger charge is -2.25. The van der Waals surface area contributed by atoms with Gasteiger partial charge in [-0.15, -0.1) is 0 Å². The smallest absolute Gasteiger partial charge is 0.319 e. The van der Waals surface area contributed by atoms with Crippen molar-refractivity contribution in [2.45, 2.75) is 25.8 Å². The maximum Gasteiger partial charge on any atom is 0.319 e. The predicted molar refractivity (Wildman–Crippen MR) is 120 cm³/mol. The number of methoxy groups -OCH3 is 1. The Morgan fingerprint density at radius 3 is 2.52 bits per heavy atom. The molecule has 0 saturated carbocycles. The lowest BCUT2D eigenvalue weighted by Crippen LogP contribution is -2.36. The van der Waals surface area contributed by atoms with E-state index >= 15 is 0 Å². The van der Waals surface area contributed by atoms with Gasteiger partial charge in [0, 0.05) is 23.7 Å². The van der Waals surface area contributed by atoms with Crippen LogP contribution in [0.3, 0.4) is 0 Å². The fourth-order valence-corrected chi connectivity index (χ4v) is 3.09. The van der Waals surface area contributed by atoms with E-state index < -0.39 is 0 Å². The van der Waals surface area contributed by atoms with Crippen molar-refractivity contribution in [1.82, 2.24) is 20.4 Å². The van der Waals surface area contributed by atoms with E-state index in [0.717, 1.165) is 16.9 Å². The largest absolute Gasteiger partial charge is 0.497 e. The topological polar surface area (TPSA) is 92.5 Å². The summed E-state index contributed by atoms with van der Waals surface area (Å²) in [6.07, 6.45) is 0. The Hall–Kier alpha value is -3.39. The van der Waals surface area contributed by atoms with Crippen LogP contribution in [0.15, 0.2) is 53.1 Å². The summed E-state index contributed by atoms with van der Waals surface area (Å²) >= 11 is 0. The quantitative estimate of drug-likeness (QED) is 0.561. The molecule has 0 aliphatic heterocycles. The van der Waals surface area contributed by atoms with Gasteiger partial charge in [0.1, 0.15) is 5.75 Å². The highest BCUT2D eigenvalue weighted by Crippen LogP contribution is 2.23. The van der Waals surface area contributed by atoms with E-state index in [1.165, 1.54) is 0 Å². The summed E-state index contributed by atoms with van der Waals surface area (Å²) in [6.45, 7) is 4.47. The molecule has 2 aromatic carbocycles. The molecule has 2 amide bonds. The van der Waals surface area contributed by atoms with Crippen LogP contribution in [-0.4, -0.2) is 48.8 Å². The van der Waals surface area contributed by atoms with Gasteiger partial charge >= 0.3 is 6.03 Å². The second-order valence-electron chi connectivity index (χ2n) is 7.78. The fourth-order valence-electron chi connectivity index (χ4n) is 3.09. The third-order valence-corrected chi connectivity index (χ3v) is 4.91. The van der Waals surface area contributed by atoms with Crippen LogP contribution in [0.4, 0.5) is 10.5 Å². The predicted octanol–water partition coefficient (Wildman–Crippen LogP) is 4.29. The van der Waals surface area contributed by atoms with Crippen LogP contribution < -0.4 is 15.4 Å². The molecule has 31 heavy (non-hydrogen) atoms. The van der Waals surface area contributed by atoms with Crippen LogP contribution in [0, 0.1) is 0 Å². The van der Waals surface area contributed by atoms with E-state index in [9.17, 15) is 4.79 Å². The minimum atomic E-state index is -0.276. The SMILES string of the molecule is COc1cccc(C(CNC(=O)Nc2ccc(-c3nc(C(C)C)no3)cc2)N(C)C)c1. The van der Waals surface area contributed by atoms with Gasteiger partial charge in [0.15, 0.2) is 5.82 Å². The molecule has 0 fully saturated rings. The Balaban J connectivity index is 1.59. The first-order chi connectivity index (χ1) is 14.9. The van der Waals surface area contributed by atoms with Crippen LogP contribution in [0.25, 0.3) is 11.5 Å². The number of nitrogens with one attached hydrogen (secondary N) is 2. The second kappa shape index (κ2) is 10.1. The van der Waals surface area contributed by atoms with Crippen molar-refractivity contribution in [2.75, 3.05) is 33.1 Å². The number of aromatic nitrogens is 2. The third kappa shape index (κ3) is 5.82. The molecule has 0 spiro atoms. The highest BCUT2D eigenvalue weighted by atomic mass is 16.5. The summed E-state index contributed by atoms with van der Waals surface area (Å²) in [4.78, 5) is 18.9. The Labute approximate surface area is 182 Å². The van der Waals surface area contributed by atoms with Crippen LogP contribution >= 0.6 is 0 Å². The minimum Gasteiger partial charge on any atom is -0.497 e. The number of amides is 2. The summed E-state index contributed by atoms with van der Waals surface area (Å²) in [5.41, 5.74) is 2.54. The van der Waals surface area contributed by atoms with Crippen molar-refractivity contribution in [1.29, 1.82) is 0 Å². The molecule has 8 nitrogen and oxygen atoms in total. The Morgan fingerprint density at radius 2 is 1.90 bits per heavy atom. The Kier molecular flexibility index (Phi) is 7.25. The van der Waals surface area contributed by atoms with E-state index in [1.54, 1.807) is 19.2 Å². The molecule has 2 N–H and O–H groups in total. The van der Waals surface area contributed by atoms with Gasteiger partial charge in [-0.3, -0.25) is 0 Å². The molecule has 0 saturated heterocycles. The number of urea groups is 1. The number of likely N-dealkylation sites (N-methyl/N-ethyl adjacent to an activating group) is 1. The van der Waals surface area contributed by atoms with E-state index in [4.69, 9.17) is 9.26 Å². The average Bonchev–Trinajstić information content (AvgIpc) is 3.25. The normalized spacial score (nSPS) is 12.1. The molecule has 0 aliphatic rings. The van der Waals surface area contributed by atoms with Gasteiger partial charge < -0.3 is 24.8 Å². The molecule has 1 heterocycles. The molecule has 8 heteroatoms. The average molecular weight is 424 g/mol.